The number of benzene rings is 1. The third kappa shape index (κ3) is 3.34. The highest BCUT2D eigenvalue weighted by Gasteiger charge is 2.24. The van der Waals surface area contributed by atoms with E-state index in [1.807, 2.05) is 18.6 Å². The molecule has 1 aromatic carbocycles. The van der Waals surface area contributed by atoms with Crippen LogP contribution in [0.25, 0.3) is 22.3 Å². The first-order chi connectivity index (χ1) is 13.8. The monoisotopic (exact) mass is 389 g/mol. The number of likely N-dealkylation sites (tertiary alicyclic amines) is 1. The highest BCUT2D eigenvalue weighted by molar-refractivity contribution is 7.09. The van der Waals surface area contributed by atoms with Crippen LogP contribution in [0, 0.1) is 0 Å². The fourth-order valence-corrected chi connectivity index (χ4v) is 4.72. The van der Waals surface area contributed by atoms with Gasteiger partial charge >= 0.3 is 0 Å². The van der Waals surface area contributed by atoms with E-state index >= 15 is 0 Å². The smallest absolute Gasteiger partial charge is 0.115 e. The Balaban J connectivity index is 1.43. The van der Waals surface area contributed by atoms with Crippen molar-refractivity contribution in [1.82, 2.24) is 24.4 Å². The van der Waals surface area contributed by atoms with Gasteiger partial charge < -0.3 is 4.57 Å². The van der Waals surface area contributed by atoms with Crippen LogP contribution in [0.2, 0.25) is 0 Å². The first kappa shape index (κ1) is 17.5. The van der Waals surface area contributed by atoms with Crippen LogP contribution < -0.4 is 0 Å². The predicted molar refractivity (Wildman–Crippen MR) is 113 cm³/mol. The van der Waals surface area contributed by atoms with E-state index in [1.165, 1.54) is 10.7 Å². The summed E-state index contributed by atoms with van der Waals surface area (Å²) in [6.45, 7) is 3.15. The number of thiazole rings is 1. The minimum Gasteiger partial charge on any atom is -0.334 e. The summed E-state index contributed by atoms with van der Waals surface area (Å²) in [6, 6.07) is 12.7. The topological polar surface area (TPSA) is 46.8 Å². The molecule has 142 valence electrons. The number of aromatic nitrogens is 4. The van der Waals surface area contributed by atoms with E-state index in [4.69, 9.17) is 4.98 Å². The van der Waals surface area contributed by atoms with Gasteiger partial charge in [-0.05, 0) is 32.0 Å². The molecule has 28 heavy (non-hydrogen) atoms. The minimum absolute atomic E-state index is 0.495. The van der Waals surface area contributed by atoms with E-state index in [0.717, 1.165) is 54.8 Å². The molecule has 0 unspecified atom stereocenters. The fraction of sp³-hybridized carbons (Fsp3) is 0.318. The molecule has 0 saturated carbocycles. The van der Waals surface area contributed by atoms with Crippen molar-refractivity contribution >= 4 is 22.4 Å². The van der Waals surface area contributed by atoms with E-state index in [9.17, 15) is 0 Å². The molecule has 0 spiro atoms. The lowest BCUT2D eigenvalue weighted by atomic mass is 9.92. The largest absolute Gasteiger partial charge is 0.334 e. The van der Waals surface area contributed by atoms with Gasteiger partial charge in [0.05, 0.1) is 24.1 Å². The van der Waals surface area contributed by atoms with Crippen molar-refractivity contribution < 1.29 is 0 Å². The average molecular weight is 390 g/mol. The van der Waals surface area contributed by atoms with Crippen LogP contribution in [0.5, 0.6) is 0 Å². The number of piperidine rings is 1. The van der Waals surface area contributed by atoms with Crippen LogP contribution in [0.3, 0.4) is 0 Å². The molecule has 5 nitrogen and oxygen atoms in total. The molecule has 1 aliphatic heterocycles. The maximum atomic E-state index is 5.10. The molecule has 1 fully saturated rings. The Morgan fingerprint density at radius 3 is 2.68 bits per heavy atom. The molecular formula is C22H23N5S. The molecule has 0 aliphatic carbocycles. The van der Waals surface area contributed by atoms with Crippen molar-refractivity contribution in [3.8, 4) is 11.3 Å². The van der Waals surface area contributed by atoms with E-state index in [0.29, 0.717) is 5.92 Å². The number of aryl methyl sites for hydroxylation is 1. The van der Waals surface area contributed by atoms with Gasteiger partial charge in [0.15, 0.2) is 0 Å². The Labute approximate surface area is 168 Å². The van der Waals surface area contributed by atoms with Crippen LogP contribution in [0.1, 0.15) is 29.5 Å². The fourth-order valence-electron chi connectivity index (χ4n) is 4.06. The molecule has 5 rings (SSSR count). The zero-order valence-corrected chi connectivity index (χ0v) is 16.8. The molecule has 0 bridgehead atoms. The van der Waals surface area contributed by atoms with Crippen molar-refractivity contribution in [1.29, 1.82) is 0 Å². The zero-order chi connectivity index (χ0) is 18.9. The normalized spacial score (nSPS) is 16.0. The van der Waals surface area contributed by atoms with E-state index in [-0.39, 0.29) is 0 Å². The second kappa shape index (κ2) is 7.45. The molecule has 6 heteroatoms. The molecular weight excluding hydrogens is 366 g/mol. The van der Waals surface area contributed by atoms with Crippen LogP contribution in [-0.2, 0) is 13.6 Å². The summed E-state index contributed by atoms with van der Waals surface area (Å²) in [4.78, 5) is 16.7. The summed E-state index contributed by atoms with van der Waals surface area (Å²) >= 11 is 1.74. The molecule has 4 heterocycles. The molecule has 4 aromatic rings. The summed E-state index contributed by atoms with van der Waals surface area (Å²) in [5, 5.41) is 3.26. The van der Waals surface area contributed by atoms with E-state index in [1.54, 1.807) is 11.3 Å². The number of hydrogen-bond donors (Lipinski definition) is 0. The SMILES string of the molecule is Cn1cnc2c(-c3ccccc3)nc(C3CCN(Cc4nccs4)CC3)cc21. The molecule has 0 radical (unpaired) electrons. The number of rotatable bonds is 4. The van der Waals surface area contributed by atoms with Crippen molar-refractivity contribution in [2.24, 2.45) is 7.05 Å². The number of pyridine rings is 1. The van der Waals surface area contributed by atoms with Gasteiger partial charge in [-0.1, -0.05) is 30.3 Å². The Hall–Kier alpha value is -2.57. The third-order valence-electron chi connectivity index (χ3n) is 5.63. The second-order valence-electron chi connectivity index (χ2n) is 7.46. The van der Waals surface area contributed by atoms with Gasteiger partial charge in [0, 0.05) is 35.8 Å². The average Bonchev–Trinajstić information content (AvgIpc) is 3.39. The van der Waals surface area contributed by atoms with Crippen molar-refractivity contribution in [2.75, 3.05) is 13.1 Å². The Morgan fingerprint density at radius 2 is 1.93 bits per heavy atom. The summed E-state index contributed by atoms with van der Waals surface area (Å²) in [6.07, 6.45) is 6.05. The van der Waals surface area contributed by atoms with Crippen LogP contribution >= 0.6 is 11.3 Å². The van der Waals surface area contributed by atoms with Crippen molar-refractivity contribution in [3.63, 3.8) is 0 Å². The molecule has 0 atom stereocenters. The van der Waals surface area contributed by atoms with E-state index in [2.05, 4.69) is 62.2 Å². The molecule has 0 N–H and O–H groups in total. The van der Waals surface area contributed by atoms with Crippen LogP contribution in [0.4, 0.5) is 0 Å². The van der Waals surface area contributed by atoms with Gasteiger partial charge in [-0.2, -0.15) is 0 Å². The maximum Gasteiger partial charge on any atom is 0.115 e. The molecule has 3 aromatic heterocycles. The highest BCUT2D eigenvalue weighted by atomic mass is 32.1. The maximum absolute atomic E-state index is 5.10. The second-order valence-corrected chi connectivity index (χ2v) is 8.44. The molecule has 1 aliphatic rings. The van der Waals surface area contributed by atoms with Crippen LogP contribution in [0.15, 0.2) is 54.3 Å². The van der Waals surface area contributed by atoms with E-state index < -0.39 is 0 Å². The van der Waals surface area contributed by atoms with Gasteiger partial charge in [0.2, 0.25) is 0 Å². The van der Waals surface area contributed by atoms with Crippen molar-refractivity contribution in [3.05, 3.63) is 65.0 Å². The number of nitrogens with zero attached hydrogens (tertiary/aromatic N) is 5. The van der Waals surface area contributed by atoms with Gasteiger partial charge in [0.25, 0.3) is 0 Å². The summed E-state index contributed by atoms with van der Waals surface area (Å²) in [7, 11) is 2.06. The van der Waals surface area contributed by atoms with Gasteiger partial charge in [-0.25, -0.2) is 9.97 Å². The van der Waals surface area contributed by atoms with Gasteiger partial charge in [0.1, 0.15) is 10.5 Å². The standard InChI is InChI=1S/C22H23N5S/c1-26-15-24-22-19(26)13-18(25-21(22)17-5-3-2-4-6-17)16-7-10-27(11-8-16)14-20-23-9-12-28-20/h2-6,9,12-13,15-16H,7-8,10-11,14H2,1H3. The Kier molecular flexibility index (Phi) is 4.66. The predicted octanol–water partition coefficient (Wildman–Crippen LogP) is 4.47. The lowest BCUT2D eigenvalue weighted by Crippen LogP contribution is -2.32. The number of imidazole rings is 1. The third-order valence-corrected chi connectivity index (χ3v) is 6.39. The summed E-state index contributed by atoms with van der Waals surface area (Å²) in [5.74, 6) is 0.495. The summed E-state index contributed by atoms with van der Waals surface area (Å²) in [5.41, 5.74) is 5.48. The Morgan fingerprint density at radius 1 is 1.11 bits per heavy atom. The quantitative estimate of drug-likeness (QED) is 0.517. The van der Waals surface area contributed by atoms with Crippen molar-refractivity contribution in [2.45, 2.75) is 25.3 Å². The van der Waals surface area contributed by atoms with Crippen LogP contribution in [-0.4, -0.2) is 37.5 Å². The summed E-state index contributed by atoms with van der Waals surface area (Å²) < 4.78 is 2.10. The first-order valence-corrected chi connectivity index (χ1v) is 10.6. The first-order valence-electron chi connectivity index (χ1n) is 9.76. The number of hydrogen-bond acceptors (Lipinski definition) is 5. The Bertz CT molecular complexity index is 1060. The van der Waals surface area contributed by atoms with Gasteiger partial charge in [-0.3, -0.25) is 9.88 Å². The minimum atomic E-state index is 0.495. The molecule has 1 saturated heterocycles. The lowest BCUT2D eigenvalue weighted by Gasteiger charge is -2.31. The highest BCUT2D eigenvalue weighted by Crippen LogP contribution is 2.33. The molecule has 0 amide bonds. The van der Waals surface area contributed by atoms with Gasteiger partial charge in [-0.15, -0.1) is 11.3 Å². The lowest BCUT2D eigenvalue weighted by molar-refractivity contribution is 0.203. The zero-order valence-electron chi connectivity index (χ0n) is 16.0. The number of fused-ring (bicyclic) bond motifs is 1.